The third-order valence-corrected chi connectivity index (χ3v) is 8.36. The molecule has 9 heteroatoms. The number of carbonyl (C=O) groups excluding carboxylic acids is 3. The van der Waals surface area contributed by atoms with E-state index in [4.69, 9.17) is 21.1 Å². The fraction of sp³-hybridized carbons (Fsp3) is 0.345. The van der Waals surface area contributed by atoms with Gasteiger partial charge in [-0.25, -0.2) is 0 Å². The zero-order valence-corrected chi connectivity index (χ0v) is 24.1. The minimum Gasteiger partial charge on any atom is -0.493 e. The van der Waals surface area contributed by atoms with E-state index in [1.54, 1.807) is 24.3 Å². The summed E-state index contributed by atoms with van der Waals surface area (Å²) in [6.07, 6.45) is 4.23. The number of allylic oxidation sites excluding steroid dienone is 4. The molecule has 1 aliphatic heterocycles. The molecule has 1 amide bonds. The molecule has 0 saturated heterocycles. The number of methoxy groups -OCH3 is 1. The summed E-state index contributed by atoms with van der Waals surface area (Å²) in [4.78, 5) is 41.1. The largest absolute Gasteiger partial charge is 0.493 e. The predicted molar refractivity (Wildman–Crippen MR) is 154 cm³/mol. The molecule has 2 aromatic rings. The van der Waals surface area contributed by atoms with Crippen molar-refractivity contribution in [3.8, 4) is 11.5 Å². The number of nitrogens with zero attached hydrogens (tertiary/aromatic N) is 1. The third kappa shape index (κ3) is 5.08. The number of ketones is 2. The first kappa shape index (κ1) is 26.7. The second kappa shape index (κ2) is 11.1. The van der Waals surface area contributed by atoms with E-state index in [0.29, 0.717) is 35.1 Å². The van der Waals surface area contributed by atoms with Crippen molar-refractivity contribution < 1.29 is 23.9 Å². The number of ether oxygens (including phenoxy) is 2. The highest BCUT2D eigenvalue weighted by molar-refractivity contribution is 14.1. The normalized spacial score (nSPS) is 17.8. The molecule has 3 aliphatic rings. The van der Waals surface area contributed by atoms with Gasteiger partial charge in [-0.05, 0) is 90.2 Å². The summed E-state index contributed by atoms with van der Waals surface area (Å²) in [6, 6.07) is 10.6. The van der Waals surface area contributed by atoms with E-state index < -0.39 is 5.92 Å². The van der Waals surface area contributed by atoms with Crippen molar-refractivity contribution in [2.24, 2.45) is 0 Å². The van der Waals surface area contributed by atoms with Gasteiger partial charge in [0.15, 0.2) is 29.7 Å². The Morgan fingerprint density at radius 3 is 2.21 bits per heavy atom. The smallest absolute Gasteiger partial charge is 0.262 e. The maximum atomic E-state index is 13.3. The molecule has 0 radical (unpaired) electrons. The Labute approximate surface area is 240 Å². The van der Waals surface area contributed by atoms with Gasteiger partial charge in [-0.15, -0.1) is 0 Å². The molecule has 0 saturated carbocycles. The average molecular weight is 647 g/mol. The Morgan fingerprint density at radius 1 is 1.03 bits per heavy atom. The van der Waals surface area contributed by atoms with Crippen LogP contribution in [0, 0.1) is 3.57 Å². The standard InChI is InChI=1S/C29H28ClIN2O5/c1-33-20-5-3-7-22(34)27(20)26(28-21(33)6-4-8-23(28)35)16-13-19(31)29(24(14-16)37-2)38-15-25(36)32-18-11-9-17(30)10-12-18/h9-14,26H,3-8,15H2,1-2H3,(H,32,36). The van der Waals surface area contributed by atoms with Crippen molar-refractivity contribution in [2.45, 2.75) is 44.4 Å². The van der Waals surface area contributed by atoms with Crippen LogP contribution in [0.2, 0.25) is 5.02 Å². The van der Waals surface area contributed by atoms with Crippen LogP contribution < -0.4 is 14.8 Å². The molecule has 1 N–H and O–H groups in total. The molecule has 2 aliphatic carbocycles. The zero-order valence-electron chi connectivity index (χ0n) is 21.2. The Morgan fingerprint density at radius 2 is 1.63 bits per heavy atom. The van der Waals surface area contributed by atoms with E-state index in [-0.39, 0.29) is 24.1 Å². The van der Waals surface area contributed by atoms with E-state index in [9.17, 15) is 14.4 Å². The SMILES string of the molecule is COc1cc(C2C3=C(CCCC3=O)N(C)C3=C2C(=O)CCC3)cc(I)c1OCC(=O)Nc1ccc(Cl)cc1. The molecule has 0 fully saturated rings. The number of benzene rings is 2. The number of carbonyl (C=O) groups is 3. The van der Waals surface area contributed by atoms with Gasteiger partial charge >= 0.3 is 0 Å². The molecular formula is C29H28ClIN2O5. The maximum Gasteiger partial charge on any atom is 0.262 e. The van der Waals surface area contributed by atoms with Gasteiger partial charge < -0.3 is 19.7 Å². The van der Waals surface area contributed by atoms with Crippen molar-refractivity contribution in [3.05, 3.63) is 73.1 Å². The van der Waals surface area contributed by atoms with Crippen LogP contribution in [0.25, 0.3) is 0 Å². The Bertz CT molecular complexity index is 1340. The molecular weight excluding hydrogens is 619 g/mol. The maximum absolute atomic E-state index is 13.3. The van der Waals surface area contributed by atoms with Gasteiger partial charge in [0.25, 0.3) is 5.91 Å². The average Bonchev–Trinajstić information content (AvgIpc) is 2.90. The van der Waals surface area contributed by atoms with E-state index in [0.717, 1.165) is 57.4 Å². The van der Waals surface area contributed by atoms with Gasteiger partial charge in [-0.1, -0.05) is 11.6 Å². The topological polar surface area (TPSA) is 84.9 Å². The number of halogens is 2. The zero-order chi connectivity index (χ0) is 27.0. The quantitative estimate of drug-likeness (QED) is 0.387. The van der Waals surface area contributed by atoms with Crippen molar-refractivity contribution in [1.82, 2.24) is 4.90 Å². The number of amides is 1. The summed E-state index contributed by atoms with van der Waals surface area (Å²) in [5.41, 5.74) is 4.93. The number of nitrogens with one attached hydrogen (secondary N) is 1. The lowest BCUT2D eigenvalue weighted by atomic mass is 9.71. The summed E-state index contributed by atoms with van der Waals surface area (Å²) in [6.45, 7) is -0.218. The molecule has 198 valence electrons. The van der Waals surface area contributed by atoms with E-state index in [1.165, 1.54) is 7.11 Å². The monoisotopic (exact) mass is 646 g/mol. The van der Waals surface area contributed by atoms with E-state index in [2.05, 4.69) is 32.8 Å². The first-order valence-electron chi connectivity index (χ1n) is 12.6. The van der Waals surface area contributed by atoms with Crippen LogP contribution in [0.5, 0.6) is 11.5 Å². The molecule has 2 aromatic carbocycles. The summed E-state index contributed by atoms with van der Waals surface area (Å²) in [5.74, 6) is 0.323. The fourth-order valence-corrected chi connectivity index (χ4v) is 6.51. The molecule has 0 aromatic heterocycles. The summed E-state index contributed by atoms with van der Waals surface area (Å²) >= 11 is 8.06. The highest BCUT2D eigenvalue weighted by atomic mass is 127. The van der Waals surface area contributed by atoms with Crippen molar-refractivity contribution in [3.63, 3.8) is 0 Å². The number of hydrogen-bond acceptors (Lipinski definition) is 6. The van der Waals surface area contributed by atoms with Crippen LogP contribution in [-0.4, -0.2) is 43.1 Å². The molecule has 1 heterocycles. The van der Waals surface area contributed by atoms with Crippen LogP contribution in [0.15, 0.2) is 58.9 Å². The number of hydrogen-bond donors (Lipinski definition) is 1. The van der Waals surface area contributed by atoms with Gasteiger partial charge in [-0.2, -0.15) is 0 Å². The molecule has 0 atom stereocenters. The second-order valence-corrected chi connectivity index (χ2v) is 11.2. The predicted octanol–water partition coefficient (Wildman–Crippen LogP) is 6.01. The third-order valence-electron chi connectivity index (χ3n) is 7.31. The fourth-order valence-electron chi connectivity index (χ4n) is 5.60. The Balaban J connectivity index is 1.47. The number of Topliss-reactive ketones (excluding diaryl/α,β-unsaturated/α-hetero) is 2. The van der Waals surface area contributed by atoms with Gasteiger partial charge in [0.1, 0.15) is 0 Å². The summed E-state index contributed by atoms with van der Waals surface area (Å²) in [5, 5.41) is 3.36. The van der Waals surface area contributed by atoms with Crippen LogP contribution in [0.4, 0.5) is 5.69 Å². The molecule has 5 rings (SSSR count). The molecule has 38 heavy (non-hydrogen) atoms. The minimum atomic E-state index is -0.429. The van der Waals surface area contributed by atoms with Crippen molar-refractivity contribution in [1.29, 1.82) is 0 Å². The lowest BCUT2D eigenvalue weighted by Crippen LogP contribution is -2.37. The van der Waals surface area contributed by atoms with Gasteiger partial charge in [0.2, 0.25) is 0 Å². The van der Waals surface area contributed by atoms with Gasteiger partial charge in [0, 0.05) is 59.1 Å². The van der Waals surface area contributed by atoms with E-state index in [1.807, 2.05) is 19.2 Å². The van der Waals surface area contributed by atoms with Crippen LogP contribution in [-0.2, 0) is 14.4 Å². The molecule has 0 bridgehead atoms. The minimum absolute atomic E-state index is 0.0983. The molecule has 0 spiro atoms. The summed E-state index contributed by atoms with van der Waals surface area (Å²) in [7, 11) is 3.52. The highest BCUT2D eigenvalue weighted by Crippen LogP contribution is 2.50. The summed E-state index contributed by atoms with van der Waals surface area (Å²) < 4.78 is 12.3. The lowest BCUT2D eigenvalue weighted by molar-refractivity contribution is -0.118. The second-order valence-electron chi connectivity index (χ2n) is 9.64. The lowest BCUT2D eigenvalue weighted by Gasteiger charge is -2.42. The first-order chi connectivity index (χ1) is 18.3. The first-order valence-corrected chi connectivity index (χ1v) is 14.1. The van der Waals surface area contributed by atoms with Gasteiger partial charge in [0.05, 0.1) is 10.7 Å². The van der Waals surface area contributed by atoms with Crippen LogP contribution in [0.3, 0.4) is 0 Å². The van der Waals surface area contributed by atoms with Crippen molar-refractivity contribution in [2.75, 3.05) is 26.1 Å². The molecule has 0 unspecified atom stereocenters. The number of anilines is 1. The number of rotatable bonds is 6. The van der Waals surface area contributed by atoms with Gasteiger partial charge in [-0.3, -0.25) is 14.4 Å². The Kier molecular flexibility index (Phi) is 7.81. The molecule has 7 nitrogen and oxygen atoms in total. The van der Waals surface area contributed by atoms with Crippen LogP contribution >= 0.6 is 34.2 Å². The van der Waals surface area contributed by atoms with Crippen LogP contribution in [0.1, 0.15) is 50.0 Å². The van der Waals surface area contributed by atoms with E-state index >= 15 is 0 Å². The Hall–Kier alpha value is -2.85. The van der Waals surface area contributed by atoms with Crippen molar-refractivity contribution >= 4 is 57.4 Å². The highest BCUT2D eigenvalue weighted by Gasteiger charge is 2.42.